The van der Waals surface area contributed by atoms with Crippen molar-refractivity contribution < 1.29 is 10.0 Å². The lowest BCUT2D eigenvalue weighted by molar-refractivity contribution is -0.550. The van der Waals surface area contributed by atoms with Gasteiger partial charge in [0.25, 0.3) is 0 Å². The third-order valence-electron chi connectivity index (χ3n) is 3.32. The highest BCUT2D eigenvalue weighted by molar-refractivity contribution is 4.98. The van der Waals surface area contributed by atoms with E-state index in [1.165, 1.54) is 0 Å². The quantitative estimate of drug-likeness (QED) is 0.533. The van der Waals surface area contributed by atoms with Crippen molar-refractivity contribution in [3.05, 3.63) is 10.1 Å². The maximum atomic E-state index is 10.8. The summed E-state index contributed by atoms with van der Waals surface area (Å²) in [4.78, 5) is 10.6. The van der Waals surface area contributed by atoms with Gasteiger partial charge < -0.3 is 5.11 Å². The van der Waals surface area contributed by atoms with Crippen molar-refractivity contribution in [1.82, 2.24) is 0 Å². The van der Waals surface area contributed by atoms with E-state index in [-0.39, 0.29) is 10.8 Å². The topological polar surface area (TPSA) is 63.4 Å². The van der Waals surface area contributed by atoms with Gasteiger partial charge in [-0.05, 0) is 25.7 Å². The van der Waals surface area contributed by atoms with E-state index in [1.54, 1.807) is 0 Å². The largest absolute Gasteiger partial charge is 0.383 e. The Kier molecular flexibility index (Phi) is 2.02. The van der Waals surface area contributed by atoms with E-state index in [1.807, 2.05) is 0 Å². The number of nitro groups is 1. The van der Waals surface area contributed by atoms with Crippen LogP contribution in [0.4, 0.5) is 0 Å². The Morgan fingerprint density at radius 3 is 2.31 bits per heavy atom. The average Bonchev–Trinajstić information content (AvgIpc) is 2.74. The molecule has 0 amide bonds. The van der Waals surface area contributed by atoms with Crippen LogP contribution in [-0.4, -0.2) is 21.7 Å². The second-order valence-electron chi connectivity index (χ2n) is 4.38. The summed E-state index contributed by atoms with van der Waals surface area (Å²) in [6.45, 7) is 0. The third-order valence-corrected chi connectivity index (χ3v) is 3.32. The van der Waals surface area contributed by atoms with Crippen molar-refractivity contribution >= 4 is 0 Å². The minimum atomic E-state index is -0.981. The molecule has 4 nitrogen and oxygen atoms in total. The summed E-state index contributed by atoms with van der Waals surface area (Å²) in [5.41, 5.74) is -0.981. The summed E-state index contributed by atoms with van der Waals surface area (Å²) < 4.78 is 0. The Bertz CT molecular complexity index is 219. The van der Waals surface area contributed by atoms with Crippen LogP contribution in [0.5, 0.6) is 0 Å². The van der Waals surface area contributed by atoms with Gasteiger partial charge in [0, 0.05) is 10.8 Å². The smallest absolute Gasteiger partial charge is 0.244 e. The molecule has 0 radical (unpaired) electrons. The van der Waals surface area contributed by atoms with Crippen molar-refractivity contribution in [3.63, 3.8) is 0 Å². The fraction of sp³-hybridized carbons (Fsp3) is 1.00. The average molecular weight is 185 g/mol. The van der Waals surface area contributed by atoms with Crippen LogP contribution in [0.25, 0.3) is 0 Å². The van der Waals surface area contributed by atoms with Gasteiger partial charge in [0.15, 0.2) is 0 Å². The molecular weight excluding hydrogens is 170 g/mol. The van der Waals surface area contributed by atoms with Crippen LogP contribution in [0.2, 0.25) is 0 Å². The van der Waals surface area contributed by atoms with Gasteiger partial charge in [0.2, 0.25) is 6.04 Å². The zero-order valence-corrected chi connectivity index (χ0v) is 7.61. The van der Waals surface area contributed by atoms with Gasteiger partial charge in [-0.3, -0.25) is 10.1 Å². The Balaban J connectivity index is 2.13. The van der Waals surface area contributed by atoms with E-state index in [2.05, 4.69) is 0 Å². The number of hydrogen-bond acceptors (Lipinski definition) is 3. The molecule has 1 atom stereocenters. The predicted molar refractivity (Wildman–Crippen MR) is 46.9 cm³/mol. The second kappa shape index (κ2) is 2.94. The number of aliphatic hydroxyl groups is 1. The molecule has 1 unspecified atom stereocenters. The monoisotopic (exact) mass is 185 g/mol. The maximum Gasteiger partial charge on any atom is 0.244 e. The van der Waals surface area contributed by atoms with Gasteiger partial charge in [0.1, 0.15) is 5.60 Å². The summed E-state index contributed by atoms with van der Waals surface area (Å²) in [5.74, 6) is 0.151. The molecule has 0 bridgehead atoms. The molecule has 2 aliphatic carbocycles. The van der Waals surface area contributed by atoms with Crippen LogP contribution < -0.4 is 0 Å². The minimum Gasteiger partial charge on any atom is -0.383 e. The van der Waals surface area contributed by atoms with Crippen LogP contribution in [0, 0.1) is 16.0 Å². The zero-order valence-electron chi connectivity index (χ0n) is 7.61. The van der Waals surface area contributed by atoms with Crippen molar-refractivity contribution in [2.24, 2.45) is 5.92 Å². The molecule has 0 saturated heterocycles. The van der Waals surface area contributed by atoms with E-state index in [4.69, 9.17) is 0 Å². The minimum absolute atomic E-state index is 0.151. The predicted octanol–water partition coefficient (Wildman–Crippen LogP) is 1.35. The van der Waals surface area contributed by atoms with Gasteiger partial charge in [-0.15, -0.1) is 0 Å². The molecule has 2 aliphatic rings. The number of hydrogen-bond donors (Lipinski definition) is 1. The first kappa shape index (κ1) is 8.94. The molecule has 1 N–H and O–H groups in total. The van der Waals surface area contributed by atoms with Gasteiger partial charge in [0.05, 0.1) is 0 Å². The highest BCUT2D eigenvalue weighted by Gasteiger charge is 2.54. The lowest BCUT2D eigenvalue weighted by Crippen LogP contribution is -2.46. The van der Waals surface area contributed by atoms with Crippen LogP contribution in [-0.2, 0) is 0 Å². The first-order valence-corrected chi connectivity index (χ1v) is 4.99. The molecule has 0 aromatic carbocycles. The molecule has 2 fully saturated rings. The van der Waals surface area contributed by atoms with Gasteiger partial charge in [-0.25, -0.2) is 0 Å². The number of rotatable bonds is 3. The molecule has 0 spiro atoms. The van der Waals surface area contributed by atoms with E-state index < -0.39 is 11.6 Å². The summed E-state index contributed by atoms with van der Waals surface area (Å²) in [7, 11) is 0. The first-order valence-electron chi connectivity index (χ1n) is 4.99. The molecule has 13 heavy (non-hydrogen) atoms. The van der Waals surface area contributed by atoms with Crippen LogP contribution in [0.3, 0.4) is 0 Å². The third kappa shape index (κ3) is 1.55. The molecule has 2 rings (SSSR count). The summed E-state index contributed by atoms with van der Waals surface area (Å²) in [6.07, 6.45) is 4.97. The molecule has 4 heteroatoms. The molecule has 0 aromatic heterocycles. The lowest BCUT2D eigenvalue weighted by atomic mass is 9.89. The van der Waals surface area contributed by atoms with Gasteiger partial charge >= 0.3 is 0 Å². The Morgan fingerprint density at radius 2 is 1.92 bits per heavy atom. The van der Waals surface area contributed by atoms with Crippen LogP contribution in [0.15, 0.2) is 0 Å². The molecule has 0 heterocycles. The molecule has 0 aromatic rings. The Labute approximate surface area is 77.1 Å². The Hall–Kier alpha value is -0.640. The highest BCUT2D eigenvalue weighted by Crippen LogP contribution is 2.44. The standard InChI is InChI=1S/C9H15NO3/c11-9(5-1-2-6-9)8(10(12)13)7-3-4-7/h7-8,11H,1-6H2. The van der Waals surface area contributed by atoms with Crippen LogP contribution >= 0.6 is 0 Å². The van der Waals surface area contributed by atoms with Gasteiger partial charge in [-0.1, -0.05) is 12.8 Å². The fourth-order valence-corrected chi connectivity index (χ4v) is 2.50. The van der Waals surface area contributed by atoms with Crippen molar-refractivity contribution in [3.8, 4) is 0 Å². The van der Waals surface area contributed by atoms with E-state index in [0.717, 1.165) is 25.7 Å². The number of nitrogens with zero attached hydrogens (tertiary/aromatic N) is 1. The summed E-state index contributed by atoms with van der Waals surface area (Å²) in [6, 6.07) is -0.685. The van der Waals surface area contributed by atoms with Crippen molar-refractivity contribution in [1.29, 1.82) is 0 Å². The lowest BCUT2D eigenvalue weighted by Gasteiger charge is -2.25. The fourth-order valence-electron chi connectivity index (χ4n) is 2.50. The van der Waals surface area contributed by atoms with Crippen molar-refractivity contribution in [2.45, 2.75) is 50.2 Å². The summed E-state index contributed by atoms with van der Waals surface area (Å²) in [5, 5.41) is 20.9. The maximum absolute atomic E-state index is 10.8. The van der Waals surface area contributed by atoms with E-state index in [9.17, 15) is 15.2 Å². The summed E-state index contributed by atoms with van der Waals surface area (Å²) >= 11 is 0. The highest BCUT2D eigenvalue weighted by atomic mass is 16.6. The van der Waals surface area contributed by atoms with Crippen molar-refractivity contribution in [2.75, 3.05) is 0 Å². The van der Waals surface area contributed by atoms with E-state index in [0.29, 0.717) is 12.8 Å². The second-order valence-corrected chi connectivity index (χ2v) is 4.38. The first-order chi connectivity index (χ1) is 6.13. The molecule has 0 aliphatic heterocycles. The molecule has 74 valence electrons. The van der Waals surface area contributed by atoms with E-state index >= 15 is 0 Å². The molecule has 2 saturated carbocycles. The molecular formula is C9H15NO3. The Morgan fingerprint density at radius 1 is 1.38 bits per heavy atom. The van der Waals surface area contributed by atoms with Gasteiger partial charge in [-0.2, -0.15) is 0 Å². The SMILES string of the molecule is O=[N+]([O-])C(C1CC1)C1(O)CCCC1. The van der Waals surface area contributed by atoms with Crippen LogP contribution in [0.1, 0.15) is 38.5 Å². The normalized spacial score (nSPS) is 28.7. The zero-order chi connectivity index (χ0) is 9.47.